The molecule has 0 radical (unpaired) electrons. The maximum atomic E-state index is 4.72. The molecule has 1 aromatic carbocycles. The molecule has 18 heavy (non-hydrogen) atoms. The number of aromatic nitrogens is 2. The van der Waals surface area contributed by atoms with Crippen LogP contribution >= 0.6 is 0 Å². The van der Waals surface area contributed by atoms with Crippen molar-refractivity contribution in [2.24, 2.45) is 0 Å². The molecule has 0 atom stereocenters. The van der Waals surface area contributed by atoms with Gasteiger partial charge < -0.3 is 0 Å². The number of benzene rings is 1. The minimum absolute atomic E-state index is 1.01. The lowest BCUT2D eigenvalue weighted by Crippen LogP contribution is -1.89. The average molecular weight is 234 g/mol. The van der Waals surface area contributed by atoms with Gasteiger partial charge in [-0.25, -0.2) is 4.98 Å². The first-order valence-electron chi connectivity index (χ1n) is 6.02. The van der Waals surface area contributed by atoms with Crippen molar-refractivity contribution >= 4 is 10.9 Å². The van der Waals surface area contributed by atoms with Crippen molar-refractivity contribution in [1.29, 1.82) is 0 Å². The Morgan fingerprint density at radius 3 is 2.44 bits per heavy atom. The number of hydrogen-bond donors (Lipinski definition) is 0. The second-order valence-corrected chi connectivity index (χ2v) is 4.58. The number of pyridine rings is 2. The van der Waals surface area contributed by atoms with Crippen LogP contribution in [0.3, 0.4) is 0 Å². The third kappa shape index (κ3) is 1.86. The summed E-state index contributed by atoms with van der Waals surface area (Å²) in [6.07, 6.45) is 3.59. The number of aryl methyl sites for hydroxylation is 2. The summed E-state index contributed by atoms with van der Waals surface area (Å²) in [6.45, 7) is 4.24. The molecular weight excluding hydrogens is 220 g/mol. The molecule has 0 aliphatic heterocycles. The topological polar surface area (TPSA) is 25.8 Å². The minimum Gasteiger partial charge on any atom is -0.265 e. The summed E-state index contributed by atoms with van der Waals surface area (Å²) < 4.78 is 0. The predicted octanol–water partition coefficient (Wildman–Crippen LogP) is 3.91. The van der Waals surface area contributed by atoms with Crippen LogP contribution in [0.1, 0.15) is 11.1 Å². The fourth-order valence-corrected chi connectivity index (χ4v) is 2.18. The molecular formula is C16H14N2. The number of hydrogen-bond acceptors (Lipinski definition) is 2. The lowest BCUT2D eigenvalue weighted by atomic mass is 10.0. The molecule has 0 aliphatic carbocycles. The van der Waals surface area contributed by atoms with Gasteiger partial charge >= 0.3 is 0 Å². The number of rotatable bonds is 1. The van der Waals surface area contributed by atoms with Gasteiger partial charge in [-0.15, -0.1) is 0 Å². The molecule has 0 aliphatic rings. The van der Waals surface area contributed by atoms with Crippen LogP contribution in [0.25, 0.3) is 22.2 Å². The summed E-state index contributed by atoms with van der Waals surface area (Å²) in [5.74, 6) is 0. The first kappa shape index (κ1) is 10.9. The van der Waals surface area contributed by atoms with Gasteiger partial charge in [-0.1, -0.05) is 11.6 Å². The molecule has 0 fully saturated rings. The summed E-state index contributed by atoms with van der Waals surface area (Å²) in [5.41, 5.74) is 5.69. The summed E-state index contributed by atoms with van der Waals surface area (Å²) in [6, 6.07) is 12.5. The zero-order valence-corrected chi connectivity index (χ0v) is 10.5. The monoisotopic (exact) mass is 234 g/mol. The van der Waals surface area contributed by atoms with Gasteiger partial charge in [-0.3, -0.25) is 4.98 Å². The van der Waals surface area contributed by atoms with Crippen LogP contribution in [-0.2, 0) is 0 Å². The Balaban J connectivity index is 2.25. The molecule has 88 valence electrons. The van der Waals surface area contributed by atoms with Gasteiger partial charge in [0.15, 0.2) is 0 Å². The molecule has 0 bridgehead atoms. The highest BCUT2D eigenvalue weighted by atomic mass is 14.7. The van der Waals surface area contributed by atoms with E-state index < -0.39 is 0 Å². The maximum absolute atomic E-state index is 4.72. The highest BCUT2D eigenvalue weighted by Crippen LogP contribution is 2.24. The summed E-state index contributed by atoms with van der Waals surface area (Å²) in [7, 11) is 0. The maximum Gasteiger partial charge on any atom is 0.0713 e. The van der Waals surface area contributed by atoms with Gasteiger partial charge in [0.2, 0.25) is 0 Å². The second-order valence-electron chi connectivity index (χ2n) is 4.58. The van der Waals surface area contributed by atoms with Gasteiger partial charge in [0.05, 0.1) is 11.2 Å². The fraction of sp³-hybridized carbons (Fsp3) is 0.125. The molecule has 2 heterocycles. The quantitative estimate of drug-likeness (QED) is 0.638. The van der Waals surface area contributed by atoms with Crippen molar-refractivity contribution in [3.63, 3.8) is 0 Å². The van der Waals surface area contributed by atoms with Gasteiger partial charge in [-0.05, 0) is 49.7 Å². The summed E-state index contributed by atoms with van der Waals surface area (Å²) in [4.78, 5) is 8.76. The fourth-order valence-electron chi connectivity index (χ4n) is 2.18. The average Bonchev–Trinajstić information content (AvgIpc) is 2.40. The molecule has 0 amide bonds. The van der Waals surface area contributed by atoms with Crippen molar-refractivity contribution in [3.8, 4) is 11.3 Å². The molecule has 3 rings (SSSR count). The molecule has 2 aromatic heterocycles. The zero-order chi connectivity index (χ0) is 12.5. The van der Waals surface area contributed by atoms with Crippen LogP contribution in [0.15, 0.2) is 48.8 Å². The Bertz CT molecular complexity index is 703. The first-order chi connectivity index (χ1) is 8.74. The standard InChI is InChI=1S/C16H14N2/c1-11-3-4-15-14(9-11)12(2)10-16(18-15)13-5-7-17-8-6-13/h3-10H,1-2H3. The Hall–Kier alpha value is -2.22. The van der Waals surface area contributed by atoms with E-state index in [0.29, 0.717) is 0 Å². The highest BCUT2D eigenvalue weighted by molar-refractivity contribution is 5.85. The molecule has 2 nitrogen and oxygen atoms in total. The van der Waals surface area contributed by atoms with Gasteiger partial charge in [0.25, 0.3) is 0 Å². The second kappa shape index (κ2) is 4.22. The van der Waals surface area contributed by atoms with Crippen molar-refractivity contribution in [3.05, 3.63) is 59.9 Å². The molecule has 0 saturated carbocycles. The van der Waals surface area contributed by atoms with E-state index in [4.69, 9.17) is 4.98 Å². The SMILES string of the molecule is Cc1ccc2nc(-c3ccncc3)cc(C)c2c1. The van der Waals surface area contributed by atoms with E-state index in [1.165, 1.54) is 16.5 Å². The summed E-state index contributed by atoms with van der Waals surface area (Å²) >= 11 is 0. The molecule has 0 unspecified atom stereocenters. The van der Waals surface area contributed by atoms with E-state index >= 15 is 0 Å². The third-order valence-corrected chi connectivity index (χ3v) is 3.15. The van der Waals surface area contributed by atoms with E-state index in [9.17, 15) is 0 Å². The van der Waals surface area contributed by atoms with E-state index in [1.807, 2.05) is 12.1 Å². The Morgan fingerprint density at radius 2 is 1.67 bits per heavy atom. The van der Waals surface area contributed by atoms with Crippen molar-refractivity contribution in [1.82, 2.24) is 9.97 Å². The lowest BCUT2D eigenvalue weighted by Gasteiger charge is -2.07. The van der Waals surface area contributed by atoms with Gasteiger partial charge in [-0.2, -0.15) is 0 Å². The van der Waals surface area contributed by atoms with Crippen LogP contribution < -0.4 is 0 Å². The number of fused-ring (bicyclic) bond motifs is 1. The lowest BCUT2D eigenvalue weighted by molar-refractivity contribution is 1.30. The molecule has 0 N–H and O–H groups in total. The van der Waals surface area contributed by atoms with Gasteiger partial charge in [0.1, 0.15) is 0 Å². The molecule has 0 spiro atoms. The number of nitrogens with zero attached hydrogens (tertiary/aromatic N) is 2. The van der Waals surface area contributed by atoms with Crippen molar-refractivity contribution in [2.45, 2.75) is 13.8 Å². The Kier molecular flexibility index (Phi) is 2.56. The first-order valence-corrected chi connectivity index (χ1v) is 6.02. The Labute approximate surface area is 106 Å². The van der Waals surface area contributed by atoms with E-state index in [1.54, 1.807) is 12.4 Å². The van der Waals surface area contributed by atoms with E-state index in [0.717, 1.165) is 16.8 Å². The van der Waals surface area contributed by atoms with E-state index in [2.05, 4.69) is 43.1 Å². The minimum atomic E-state index is 1.01. The third-order valence-electron chi connectivity index (χ3n) is 3.15. The molecule has 0 saturated heterocycles. The van der Waals surface area contributed by atoms with E-state index in [-0.39, 0.29) is 0 Å². The van der Waals surface area contributed by atoms with Crippen LogP contribution in [0.5, 0.6) is 0 Å². The van der Waals surface area contributed by atoms with Gasteiger partial charge in [0, 0.05) is 23.3 Å². The largest absolute Gasteiger partial charge is 0.265 e. The summed E-state index contributed by atoms with van der Waals surface area (Å²) in [5, 5.41) is 1.23. The zero-order valence-electron chi connectivity index (χ0n) is 10.5. The van der Waals surface area contributed by atoms with Crippen LogP contribution in [-0.4, -0.2) is 9.97 Å². The van der Waals surface area contributed by atoms with Crippen molar-refractivity contribution < 1.29 is 0 Å². The smallest absolute Gasteiger partial charge is 0.0713 e. The molecule has 2 heteroatoms. The predicted molar refractivity (Wildman–Crippen MR) is 74.4 cm³/mol. The van der Waals surface area contributed by atoms with Crippen molar-refractivity contribution in [2.75, 3.05) is 0 Å². The van der Waals surface area contributed by atoms with Crippen LogP contribution in [0.4, 0.5) is 0 Å². The van der Waals surface area contributed by atoms with Crippen LogP contribution in [0, 0.1) is 13.8 Å². The molecule has 3 aromatic rings. The highest BCUT2D eigenvalue weighted by Gasteiger charge is 2.04. The van der Waals surface area contributed by atoms with Crippen LogP contribution in [0.2, 0.25) is 0 Å². The normalized spacial score (nSPS) is 10.8. The Morgan fingerprint density at radius 1 is 0.889 bits per heavy atom.